The van der Waals surface area contributed by atoms with E-state index < -0.39 is 0 Å². The summed E-state index contributed by atoms with van der Waals surface area (Å²) in [6.07, 6.45) is 6.85. The van der Waals surface area contributed by atoms with Crippen LogP contribution >= 0.6 is 0 Å². The van der Waals surface area contributed by atoms with Crippen LogP contribution in [0.1, 0.15) is 6.92 Å². The number of carbonyl (C=O) groups is 1. The summed E-state index contributed by atoms with van der Waals surface area (Å²) in [6.45, 7) is 3.41. The van der Waals surface area contributed by atoms with Crippen LogP contribution < -0.4 is 15.4 Å². The topological polar surface area (TPSA) is 94.0 Å². The van der Waals surface area contributed by atoms with Gasteiger partial charge in [-0.05, 0) is 25.1 Å². The van der Waals surface area contributed by atoms with E-state index in [-0.39, 0.29) is 6.03 Å². The second kappa shape index (κ2) is 8.61. The summed E-state index contributed by atoms with van der Waals surface area (Å²) in [5.41, 5.74) is 0.632. The molecule has 2 N–H and O–H groups in total. The minimum absolute atomic E-state index is 0.297. The maximum Gasteiger partial charge on any atom is 0.319 e. The average Bonchev–Trinajstić information content (AvgIpc) is 3.13. The molecule has 0 saturated carbocycles. The van der Waals surface area contributed by atoms with Crippen molar-refractivity contribution in [3.05, 3.63) is 55.1 Å². The van der Waals surface area contributed by atoms with Crippen LogP contribution in [-0.4, -0.2) is 38.7 Å². The smallest absolute Gasteiger partial charge is 0.319 e. The van der Waals surface area contributed by atoms with Gasteiger partial charge in [-0.25, -0.2) is 19.7 Å². The molecule has 0 aliphatic carbocycles. The van der Waals surface area contributed by atoms with Crippen molar-refractivity contribution in [3.63, 3.8) is 0 Å². The second-order valence-electron chi connectivity index (χ2n) is 5.33. The fourth-order valence-corrected chi connectivity index (χ4v) is 2.42. The fraction of sp³-hybridized carbons (Fsp3) is 0.222. The first-order valence-corrected chi connectivity index (χ1v) is 8.33. The molecule has 0 aliphatic heterocycles. The maximum absolute atomic E-state index is 12.1. The van der Waals surface area contributed by atoms with E-state index in [2.05, 4.69) is 25.6 Å². The molecular weight excluding hydrogens is 332 g/mol. The number of aromatic nitrogens is 4. The van der Waals surface area contributed by atoms with Crippen molar-refractivity contribution in [2.75, 3.05) is 18.5 Å². The predicted molar refractivity (Wildman–Crippen MR) is 97.9 cm³/mol. The third-order valence-corrected chi connectivity index (χ3v) is 3.55. The van der Waals surface area contributed by atoms with E-state index in [9.17, 15) is 4.79 Å². The molecule has 2 heterocycles. The maximum atomic E-state index is 12.1. The van der Waals surface area contributed by atoms with Gasteiger partial charge in [-0.15, -0.1) is 0 Å². The summed E-state index contributed by atoms with van der Waals surface area (Å²) in [6, 6.07) is 8.77. The highest BCUT2D eigenvalue weighted by molar-refractivity contribution is 5.90. The van der Waals surface area contributed by atoms with Gasteiger partial charge in [-0.3, -0.25) is 0 Å². The van der Waals surface area contributed by atoms with Crippen LogP contribution in [0, 0.1) is 0 Å². The number of nitrogens with zero attached hydrogens (tertiary/aromatic N) is 4. The summed E-state index contributed by atoms with van der Waals surface area (Å²) >= 11 is 0. The van der Waals surface area contributed by atoms with Crippen LogP contribution in [0.3, 0.4) is 0 Å². The van der Waals surface area contributed by atoms with Gasteiger partial charge < -0.3 is 19.9 Å². The Labute approximate surface area is 151 Å². The quantitative estimate of drug-likeness (QED) is 0.681. The number of urea groups is 1. The number of hydrogen-bond acceptors (Lipinski definition) is 5. The normalized spacial score (nSPS) is 10.3. The van der Waals surface area contributed by atoms with Crippen molar-refractivity contribution >= 4 is 11.7 Å². The minimum atomic E-state index is -0.297. The Morgan fingerprint density at radius 2 is 1.92 bits per heavy atom. The van der Waals surface area contributed by atoms with Gasteiger partial charge in [0.25, 0.3) is 0 Å². The number of rotatable bonds is 7. The predicted octanol–water partition coefficient (Wildman–Crippen LogP) is 2.56. The van der Waals surface area contributed by atoms with Gasteiger partial charge in [0.1, 0.15) is 5.75 Å². The van der Waals surface area contributed by atoms with Crippen LogP contribution in [0.15, 0.2) is 55.1 Å². The van der Waals surface area contributed by atoms with Crippen molar-refractivity contribution in [1.82, 2.24) is 24.8 Å². The number of carbonyl (C=O) groups excluding carboxylic acids is 1. The Morgan fingerprint density at radius 3 is 2.73 bits per heavy atom. The van der Waals surface area contributed by atoms with Crippen molar-refractivity contribution < 1.29 is 9.53 Å². The Kier molecular flexibility index (Phi) is 5.76. The highest BCUT2D eigenvalue weighted by atomic mass is 16.5. The number of benzene rings is 1. The van der Waals surface area contributed by atoms with Crippen LogP contribution in [0.5, 0.6) is 5.75 Å². The van der Waals surface area contributed by atoms with Gasteiger partial charge in [-0.1, -0.05) is 12.1 Å². The van der Waals surface area contributed by atoms with E-state index in [1.807, 2.05) is 35.9 Å². The van der Waals surface area contributed by atoms with Crippen molar-refractivity contribution in [1.29, 1.82) is 0 Å². The molecule has 2 aromatic heterocycles. The van der Waals surface area contributed by atoms with E-state index in [1.54, 1.807) is 30.7 Å². The summed E-state index contributed by atoms with van der Waals surface area (Å²) in [4.78, 5) is 24.8. The van der Waals surface area contributed by atoms with E-state index in [0.717, 1.165) is 0 Å². The molecule has 8 heteroatoms. The summed E-state index contributed by atoms with van der Waals surface area (Å²) in [5.74, 6) is 1.85. The number of amides is 2. The molecule has 0 bridgehead atoms. The molecule has 0 unspecified atom stereocenters. The first-order chi connectivity index (χ1) is 12.8. The van der Waals surface area contributed by atoms with Gasteiger partial charge in [0, 0.05) is 37.9 Å². The zero-order chi connectivity index (χ0) is 18.2. The van der Waals surface area contributed by atoms with E-state index in [1.165, 1.54) is 0 Å². The Morgan fingerprint density at radius 1 is 1.12 bits per heavy atom. The second-order valence-corrected chi connectivity index (χ2v) is 5.33. The van der Waals surface area contributed by atoms with E-state index >= 15 is 0 Å². The van der Waals surface area contributed by atoms with Crippen molar-refractivity contribution in [3.8, 4) is 17.4 Å². The monoisotopic (exact) mass is 352 g/mol. The van der Waals surface area contributed by atoms with Crippen LogP contribution in [-0.2, 0) is 6.54 Å². The first kappa shape index (κ1) is 17.4. The number of hydrogen-bond donors (Lipinski definition) is 2. The molecule has 0 aliphatic rings. The van der Waals surface area contributed by atoms with Gasteiger partial charge >= 0.3 is 6.03 Å². The highest BCUT2D eigenvalue weighted by Gasteiger charge is 2.09. The Hall–Kier alpha value is -3.42. The molecule has 0 spiro atoms. The number of anilines is 1. The zero-order valence-corrected chi connectivity index (χ0v) is 14.4. The van der Waals surface area contributed by atoms with Gasteiger partial charge in [-0.2, -0.15) is 0 Å². The lowest BCUT2D eigenvalue weighted by atomic mass is 10.3. The Bertz CT molecular complexity index is 850. The lowest BCUT2D eigenvalue weighted by Crippen LogP contribution is -2.31. The van der Waals surface area contributed by atoms with Crippen LogP contribution in [0.2, 0.25) is 0 Å². The molecule has 3 aromatic rings. The molecule has 0 fully saturated rings. The molecule has 8 nitrogen and oxygen atoms in total. The average molecular weight is 352 g/mol. The summed E-state index contributed by atoms with van der Waals surface area (Å²) < 4.78 is 7.39. The number of para-hydroxylation sites is 2. The minimum Gasteiger partial charge on any atom is -0.492 e. The summed E-state index contributed by atoms with van der Waals surface area (Å²) in [5, 5.41) is 5.62. The first-order valence-electron chi connectivity index (χ1n) is 8.33. The van der Waals surface area contributed by atoms with Gasteiger partial charge in [0.05, 0.1) is 12.3 Å². The van der Waals surface area contributed by atoms with Gasteiger partial charge in [0.2, 0.25) is 0 Å². The molecule has 2 amide bonds. The molecule has 0 atom stereocenters. The number of nitrogens with one attached hydrogen (secondary N) is 2. The molecule has 134 valence electrons. The van der Waals surface area contributed by atoms with Crippen molar-refractivity contribution in [2.24, 2.45) is 0 Å². The summed E-state index contributed by atoms with van der Waals surface area (Å²) in [7, 11) is 0. The standard InChI is InChI=1S/C18H20N6O2/c1-2-26-15-7-4-3-6-14(15)23-18(25)22-11-13-24-12-10-21-17(24)16-19-8-5-9-20-16/h3-10,12H,2,11,13H2,1H3,(H2,22,23,25). The third kappa shape index (κ3) is 4.35. The highest BCUT2D eigenvalue weighted by Crippen LogP contribution is 2.23. The fourth-order valence-electron chi connectivity index (χ4n) is 2.42. The van der Waals surface area contributed by atoms with Gasteiger partial charge in [0.15, 0.2) is 11.6 Å². The molecule has 0 radical (unpaired) electrons. The number of imidazole rings is 1. The molecule has 26 heavy (non-hydrogen) atoms. The zero-order valence-electron chi connectivity index (χ0n) is 14.4. The Balaban J connectivity index is 1.55. The molecule has 1 aromatic carbocycles. The van der Waals surface area contributed by atoms with E-state index in [4.69, 9.17) is 4.74 Å². The molecule has 0 saturated heterocycles. The number of ether oxygens (including phenoxy) is 1. The lowest BCUT2D eigenvalue weighted by molar-refractivity contribution is 0.251. The van der Waals surface area contributed by atoms with Crippen LogP contribution in [0.4, 0.5) is 10.5 Å². The van der Waals surface area contributed by atoms with E-state index in [0.29, 0.717) is 42.8 Å². The van der Waals surface area contributed by atoms with Crippen molar-refractivity contribution in [2.45, 2.75) is 13.5 Å². The third-order valence-electron chi connectivity index (χ3n) is 3.55. The largest absolute Gasteiger partial charge is 0.492 e. The molecular formula is C18H20N6O2. The van der Waals surface area contributed by atoms with Crippen LogP contribution in [0.25, 0.3) is 11.6 Å². The SMILES string of the molecule is CCOc1ccccc1NC(=O)NCCn1ccnc1-c1ncccn1. The molecule has 3 rings (SSSR count). The lowest BCUT2D eigenvalue weighted by Gasteiger charge is -2.12.